The highest BCUT2D eigenvalue weighted by molar-refractivity contribution is 7.99. The number of hydrogen-bond donors (Lipinski definition) is 0. The van der Waals surface area contributed by atoms with E-state index >= 15 is 0 Å². The molecule has 5 heteroatoms. The number of fused-ring (bicyclic) bond motifs is 2. The van der Waals surface area contributed by atoms with Crippen LogP contribution in [0.1, 0.15) is 49.1 Å². The zero-order valence-electron chi connectivity index (χ0n) is 21.0. The second-order valence-corrected chi connectivity index (χ2v) is 12.2. The van der Waals surface area contributed by atoms with E-state index in [1.54, 1.807) is 11.8 Å². The van der Waals surface area contributed by atoms with Crippen molar-refractivity contribution in [3.8, 4) is 0 Å². The van der Waals surface area contributed by atoms with Crippen LogP contribution in [0.5, 0.6) is 0 Å². The molecule has 0 atom stereocenters. The molecule has 4 aromatic rings. The Kier molecular flexibility index (Phi) is 5.45. The Balaban J connectivity index is 1.32. The number of carbonyl (C=O) groups excluding carboxylic acids is 2. The molecular weight excluding hydrogens is 464 g/mol. The van der Waals surface area contributed by atoms with Gasteiger partial charge >= 0.3 is 0 Å². The Morgan fingerprint density at radius 3 is 2.31 bits per heavy atom. The molecule has 0 saturated heterocycles. The van der Waals surface area contributed by atoms with Crippen LogP contribution in [-0.4, -0.2) is 21.1 Å². The number of benzene rings is 2. The standard InChI is InChI=1S/C31H30N2O2S/c1-20-29(24-11-7-8-12-25(24)33(20)19-21-9-5-4-6-10-21)36-28-13-22-14-31(15-23(22)18-32-28)26(34)16-30(2,3)17-27(31)35/h4-13,18H,14-17,19H2,1-3H3. The van der Waals surface area contributed by atoms with E-state index in [9.17, 15) is 9.59 Å². The van der Waals surface area contributed by atoms with Gasteiger partial charge in [-0.05, 0) is 54.0 Å². The Morgan fingerprint density at radius 2 is 1.56 bits per heavy atom. The number of rotatable bonds is 4. The average Bonchev–Trinajstić information content (AvgIpc) is 3.36. The van der Waals surface area contributed by atoms with Crippen molar-refractivity contribution in [1.29, 1.82) is 0 Å². The zero-order valence-corrected chi connectivity index (χ0v) is 21.8. The van der Waals surface area contributed by atoms with Crippen LogP contribution < -0.4 is 0 Å². The lowest BCUT2D eigenvalue weighted by atomic mass is 9.62. The molecule has 0 unspecified atom stereocenters. The molecular formula is C31H30N2O2S. The van der Waals surface area contributed by atoms with Crippen molar-refractivity contribution in [3.05, 3.63) is 89.2 Å². The first-order chi connectivity index (χ1) is 17.3. The monoisotopic (exact) mass is 494 g/mol. The van der Waals surface area contributed by atoms with Gasteiger partial charge in [0.15, 0.2) is 0 Å². The fraction of sp³-hybridized carbons (Fsp3) is 0.323. The Hall–Kier alpha value is -3.18. The topological polar surface area (TPSA) is 52.0 Å². The molecule has 2 aromatic heterocycles. The molecule has 1 saturated carbocycles. The quantitative estimate of drug-likeness (QED) is 0.301. The van der Waals surface area contributed by atoms with Crippen LogP contribution >= 0.6 is 11.8 Å². The maximum absolute atomic E-state index is 13.2. The van der Waals surface area contributed by atoms with Crippen molar-refractivity contribution >= 4 is 34.2 Å². The van der Waals surface area contributed by atoms with Crippen LogP contribution in [0.3, 0.4) is 0 Å². The van der Waals surface area contributed by atoms with E-state index < -0.39 is 5.41 Å². The van der Waals surface area contributed by atoms with Gasteiger partial charge in [0, 0.05) is 47.1 Å². The lowest BCUT2D eigenvalue weighted by Crippen LogP contribution is -2.48. The molecule has 0 radical (unpaired) electrons. The van der Waals surface area contributed by atoms with Gasteiger partial charge in [-0.1, -0.05) is 74.1 Å². The molecule has 2 aromatic carbocycles. The third-order valence-electron chi connectivity index (χ3n) is 7.95. The van der Waals surface area contributed by atoms with Gasteiger partial charge in [0.25, 0.3) is 0 Å². The summed E-state index contributed by atoms with van der Waals surface area (Å²) in [5, 5.41) is 2.13. The number of aromatic nitrogens is 2. The number of carbonyl (C=O) groups is 2. The van der Waals surface area contributed by atoms with E-state index in [1.165, 1.54) is 27.1 Å². The van der Waals surface area contributed by atoms with Crippen molar-refractivity contribution in [2.75, 3.05) is 0 Å². The van der Waals surface area contributed by atoms with E-state index in [0.29, 0.717) is 25.7 Å². The molecule has 2 aliphatic carbocycles. The summed E-state index contributed by atoms with van der Waals surface area (Å²) in [6.07, 6.45) is 3.86. The summed E-state index contributed by atoms with van der Waals surface area (Å²) in [7, 11) is 0. The summed E-state index contributed by atoms with van der Waals surface area (Å²) in [6, 6.07) is 21.2. The fourth-order valence-corrected chi connectivity index (χ4v) is 7.07. The van der Waals surface area contributed by atoms with E-state index in [4.69, 9.17) is 4.98 Å². The molecule has 1 spiro atoms. The maximum atomic E-state index is 13.2. The molecule has 36 heavy (non-hydrogen) atoms. The minimum absolute atomic E-state index is 0.106. The van der Waals surface area contributed by atoms with Crippen molar-refractivity contribution in [3.63, 3.8) is 0 Å². The van der Waals surface area contributed by atoms with Gasteiger partial charge < -0.3 is 4.57 Å². The minimum Gasteiger partial charge on any atom is -0.339 e. The number of hydrogen-bond acceptors (Lipinski definition) is 4. The first kappa shape index (κ1) is 23.2. The second kappa shape index (κ2) is 8.45. The van der Waals surface area contributed by atoms with Crippen LogP contribution in [0.4, 0.5) is 0 Å². The van der Waals surface area contributed by atoms with Crippen molar-refractivity contribution in [2.45, 2.75) is 62.9 Å². The number of nitrogens with zero attached hydrogens (tertiary/aromatic N) is 2. The fourth-order valence-electron chi connectivity index (χ4n) is 6.02. The summed E-state index contributed by atoms with van der Waals surface area (Å²) in [6.45, 7) is 7.03. The Bertz CT molecular complexity index is 1500. The molecule has 0 N–H and O–H groups in total. The van der Waals surface area contributed by atoms with Crippen molar-refractivity contribution in [1.82, 2.24) is 9.55 Å². The molecule has 0 bridgehead atoms. The molecule has 4 nitrogen and oxygen atoms in total. The average molecular weight is 495 g/mol. The minimum atomic E-state index is -0.871. The highest BCUT2D eigenvalue weighted by atomic mass is 32.2. The molecule has 0 aliphatic heterocycles. The zero-order chi connectivity index (χ0) is 25.1. The van der Waals surface area contributed by atoms with Gasteiger partial charge in [-0.3, -0.25) is 9.59 Å². The second-order valence-electron chi connectivity index (χ2n) is 11.2. The third kappa shape index (κ3) is 3.81. The van der Waals surface area contributed by atoms with Gasteiger partial charge in [0.2, 0.25) is 0 Å². The maximum Gasteiger partial charge on any atom is 0.147 e. The molecule has 1 fully saturated rings. The number of para-hydroxylation sites is 1. The van der Waals surface area contributed by atoms with Gasteiger partial charge in [-0.15, -0.1) is 0 Å². The third-order valence-corrected chi connectivity index (χ3v) is 9.10. The van der Waals surface area contributed by atoms with Gasteiger partial charge in [-0.2, -0.15) is 0 Å². The highest BCUT2D eigenvalue weighted by Gasteiger charge is 2.54. The van der Waals surface area contributed by atoms with Crippen molar-refractivity contribution in [2.24, 2.45) is 10.8 Å². The first-order valence-electron chi connectivity index (χ1n) is 12.6. The number of ketones is 2. The lowest BCUT2D eigenvalue weighted by Gasteiger charge is -2.38. The highest BCUT2D eigenvalue weighted by Crippen LogP contribution is 2.48. The van der Waals surface area contributed by atoms with E-state index in [2.05, 4.69) is 66.1 Å². The largest absolute Gasteiger partial charge is 0.339 e. The number of pyridine rings is 1. The van der Waals surface area contributed by atoms with Crippen LogP contribution in [0, 0.1) is 17.8 Å². The van der Waals surface area contributed by atoms with Crippen LogP contribution in [0.15, 0.2) is 76.8 Å². The predicted molar refractivity (Wildman–Crippen MR) is 143 cm³/mol. The molecule has 2 heterocycles. The first-order valence-corrected chi connectivity index (χ1v) is 13.4. The van der Waals surface area contributed by atoms with Crippen LogP contribution in [-0.2, 0) is 29.0 Å². The summed E-state index contributed by atoms with van der Waals surface area (Å²) in [5.74, 6) is 0.211. The smallest absolute Gasteiger partial charge is 0.147 e. The summed E-state index contributed by atoms with van der Waals surface area (Å²) >= 11 is 1.68. The SMILES string of the molecule is Cc1c(Sc2cc3c(cn2)CC2(C3)C(=O)CC(C)(C)CC2=O)c2ccccc2n1Cc1ccccc1. The molecule has 2 aliphatic rings. The van der Waals surface area contributed by atoms with Gasteiger partial charge in [0.05, 0.1) is 5.41 Å². The number of Topliss-reactive ketones (excluding diaryl/α,β-unsaturated/α-hetero) is 2. The Morgan fingerprint density at radius 1 is 0.889 bits per heavy atom. The lowest BCUT2D eigenvalue weighted by molar-refractivity contribution is -0.147. The van der Waals surface area contributed by atoms with Crippen LogP contribution in [0.2, 0.25) is 0 Å². The van der Waals surface area contributed by atoms with Crippen molar-refractivity contribution < 1.29 is 9.59 Å². The van der Waals surface area contributed by atoms with Gasteiger partial charge in [0.1, 0.15) is 16.6 Å². The molecule has 6 rings (SSSR count). The molecule has 182 valence electrons. The van der Waals surface area contributed by atoms with E-state index in [-0.39, 0.29) is 17.0 Å². The normalized spacial score (nSPS) is 18.2. The van der Waals surface area contributed by atoms with Gasteiger partial charge in [-0.25, -0.2) is 4.98 Å². The summed E-state index contributed by atoms with van der Waals surface area (Å²) in [5.41, 5.74) is 4.72. The summed E-state index contributed by atoms with van der Waals surface area (Å²) < 4.78 is 2.37. The predicted octanol–water partition coefficient (Wildman–Crippen LogP) is 6.59. The Labute approximate surface area is 216 Å². The van der Waals surface area contributed by atoms with E-state index in [1.807, 2.05) is 26.1 Å². The van der Waals surface area contributed by atoms with E-state index in [0.717, 1.165) is 22.7 Å². The molecule has 0 amide bonds. The van der Waals surface area contributed by atoms with Crippen LogP contribution in [0.25, 0.3) is 10.9 Å². The summed E-state index contributed by atoms with van der Waals surface area (Å²) in [4.78, 5) is 32.3.